The number of rotatable bonds is 4. The summed E-state index contributed by atoms with van der Waals surface area (Å²) < 4.78 is 6.52. The van der Waals surface area contributed by atoms with E-state index in [1.165, 1.54) is 17.0 Å². The van der Waals surface area contributed by atoms with Crippen molar-refractivity contribution < 1.29 is 9.21 Å². The van der Waals surface area contributed by atoms with E-state index in [1.54, 1.807) is 25.2 Å². The van der Waals surface area contributed by atoms with Crippen LogP contribution in [0.5, 0.6) is 0 Å². The van der Waals surface area contributed by atoms with Crippen LogP contribution in [0.2, 0.25) is 0 Å². The molecule has 0 spiro atoms. The Morgan fingerprint density at radius 3 is 2.43 bits per heavy atom. The molecule has 6 heteroatoms. The number of pyridine rings is 1. The number of nitrogens with one attached hydrogen (secondary N) is 1. The number of nitrogens with zero attached hydrogens (tertiary/aromatic N) is 2. The van der Waals surface area contributed by atoms with E-state index in [0.29, 0.717) is 16.7 Å². The molecule has 1 amide bonds. The summed E-state index contributed by atoms with van der Waals surface area (Å²) in [5.41, 5.74) is 4.02. The topological polar surface area (TPSA) is 76.6 Å². The Bertz CT molecular complexity index is 1220. The van der Waals surface area contributed by atoms with Gasteiger partial charge in [0.2, 0.25) is 0 Å². The molecule has 0 aliphatic heterocycles. The molecule has 0 atom stereocenters. The van der Waals surface area contributed by atoms with Crippen LogP contribution in [-0.2, 0) is 7.05 Å². The van der Waals surface area contributed by atoms with E-state index in [4.69, 9.17) is 4.42 Å². The van der Waals surface area contributed by atoms with E-state index in [2.05, 4.69) is 10.5 Å². The molecule has 6 nitrogen and oxygen atoms in total. The number of carbonyl (C=O) groups is 1. The minimum absolute atomic E-state index is 0.240. The van der Waals surface area contributed by atoms with Gasteiger partial charge in [-0.3, -0.25) is 9.59 Å². The van der Waals surface area contributed by atoms with E-state index >= 15 is 0 Å². The van der Waals surface area contributed by atoms with Crippen molar-refractivity contribution in [3.05, 3.63) is 94.8 Å². The number of fused-ring (bicyclic) bond motifs is 1. The van der Waals surface area contributed by atoms with Gasteiger partial charge in [-0.15, -0.1) is 0 Å². The highest BCUT2D eigenvalue weighted by Crippen LogP contribution is 2.30. The Kier molecular flexibility index (Phi) is 4.60. The predicted molar refractivity (Wildman–Crippen MR) is 108 cm³/mol. The first kappa shape index (κ1) is 17.5. The van der Waals surface area contributed by atoms with Gasteiger partial charge in [-0.2, -0.15) is 5.10 Å². The third-order valence-electron chi connectivity index (χ3n) is 4.48. The van der Waals surface area contributed by atoms with Crippen LogP contribution in [0.15, 0.2) is 87.3 Å². The molecule has 2 aromatic heterocycles. The number of hydrogen-bond donors (Lipinski definition) is 1. The molecule has 0 aliphatic rings. The standard InChI is InChI=1S/C22H17N3O3/c1-25-20(21(26)24-23-14-16-10-7-13-28-16)19(15-8-3-2-4-9-15)17-11-5-6-12-18(17)22(25)27/h2-14H,1H3,(H,24,26)/b23-14+. The second kappa shape index (κ2) is 7.36. The summed E-state index contributed by atoms with van der Waals surface area (Å²) in [6, 6.07) is 20.2. The molecule has 4 aromatic rings. The first-order chi connectivity index (χ1) is 13.7. The summed E-state index contributed by atoms with van der Waals surface area (Å²) in [4.78, 5) is 25.8. The second-order valence-corrected chi connectivity index (χ2v) is 6.21. The molecule has 1 N–H and O–H groups in total. The minimum atomic E-state index is -0.480. The molecule has 0 bridgehead atoms. The molecule has 0 unspecified atom stereocenters. The van der Waals surface area contributed by atoms with E-state index in [0.717, 1.165) is 10.9 Å². The Morgan fingerprint density at radius 1 is 1.00 bits per heavy atom. The number of hydrazone groups is 1. The number of carbonyl (C=O) groups excluding carboxylic acids is 1. The van der Waals surface area contributed by atoms with Crippen molar-refractivity contribution in [2.75, 3.05) is 0 Å². The monoisotopic (exact) mass is 371 g/mol. The summed E-state index contributed by atoms with van der Waals surface area (Å²) in [7, 11) is 1.59. The van der Waals surface area contributed by atoms with E-state index in [-0.39, 0.29) is 11.3 Å². The zero-order valence-corrected chi connectivity index (χ0v) is 15.1. The van der Waals surface area contributed by atoms with Crippen LogP contribution < -0.4 is 11.0 Å². The Hall–Kier alpha value is -3.93. The molecule has 0 saturated heterocycles. The molecule has 0 fully saturated rings. The SMILES string of the molecule is Cn1c(C(=O)N/N=C/c2ccco2)c(-c2ccccc2)c2ccccc2c1=O. The number of benzene rings is 2. The van der Waals surface area contributed by atoms with Gasteiger partial charge in [-0.1, -0.05) is 48.5 Å². The van der Waals surface area contributed by atoms with Crippen LogP contribution in [0.3, 0.4) is 0 Å². The van der Waals surface area contributed by atoms with Gasteiger partial charge < -0.3 is 8.98 Å². The molecule has 2 heterocycles. The largest absolute Gasteiger partial charge is 0.463 e. The molecule has 0 saturated carbocycles. The van der Waals surface area contributed by atoms with Crippen LogP contribution in [0.4, 0.5) is 0 Å². The van der Waals surface area contributed by atoms with Crippen molar-refractivity contribution in [2.24, 2.45) is 12.1 Å². The van der Waals surface area contributed by atoms with Gasteiger partial charge in [0, 0.05) is 18.0 Å². The van der Waals surface area contributed by atoms with Gasteiger partial charge in [-0.25, -0.2) is 5.43 Å². The smallest absolute Gasteiger partial charge is 0.288 e. The molecular weight excluding hydrogens is 354 g/mol. The van der Waals surface area contributed by atoms with Crippen LogP contribution in [-0.4, -0.2) is 16.7 Å². The number of amides is 1. The van der Waals surface area contributed by atoms with Crippen molar-refractivity contribution in [1.82, 2.24) is 9.99 Å². The molecule has 138 valence electrons. The van der Waals surface area contributed by atoms with Gasteiger partial charge in [-0.05, 0) is 29.1 Å². The normalized spacial score (nSPS) is 11.2. The van der Waals surface area contributed by atoms with Gasteiger partial charge in [0.25, 0.3) is 11.5 Å². The summed E-state index contributed by atoms with van der Waals surface area (Å²) in [5.74, 6) is 0.0306. The summed E-state index contributed by atoms with van der Waals surface area (Å²) in [6.07, 6.45) is 2.92. The highest BCUT2D eigenvalue weighted by molar-refractivity contribution is 6.08. The third-order valence-corrected chi connectivity index (χ3v) is 4.48. The van der Waals surface area contributed by atoms with Crippen LogP contribution >= 0.6 is 0 Å². The molecule has 0 aliphatic carbocycles. The molecule has 2 aromatic carbocycles. The average Bonchev–Trinajstić information content (AvgIpc) is 3.24. The lowest BCUT2D eigenvalue weighted by molar-refractivity contribution is 0.0946. The quantitative estimate of drug-likeness (QED) is 0.440. The molecule has 0 radical (unpaired) electrons. The second-order valence-electron chi connectivity index (χ2n) is 6.21. The fourth-order valence-electron chi connectivity index (χ4n) is 3.20. The van der Waals surface area contributed by atoms with E-state index in [9.17, 15) is 9.59 Å². The average molecular weight is 371 g/mol. The highest BCUT2D eigenvalue weighted by Gasteiger charge is 2.21. The Morgan fingerprint density at radius 2 is 1.71 bits per heavy atom. The van der Waals surface area contributed by atoms with Crippen molar-refractivity contribution in [2.45, 2.75) is 0 Å². The molecule has 4 rings (SSSR count). The van der Waals surface area contributed by atoms with Crippen LogP contribution in [0.25, 0.3) is 21.9 Å². The van der Waals surface area contributed by atoms with Gasteiger partial charge in [0.05, 0.1) is 12.5 Å². The van der Waals surface area contributed by atoms with Crippen molar-refractivity contribution in [3.8, 4) is 11.1 Å². The third kappa shape index (κ3) is 3.12. The maximum Gasteiger partial charge on any atom is 0.288 e. The fourth-order valence-corrected chi connectivity index (χ4v) is 3.20. The van der Waals surface area contributed by atoms with E-state index in [1.807, 2.05) is 48.5 Å². The summed E-state index contributed by atoms with van der Waals surface area (Å²) in [5, 5.41) is 5.22. The number of aromatic nitrogens is 1. The Balaban J connectivity index is 1.88. The first-order valence-electron chi connectivity index (χ1n) is 8.71. The Labute approximate surface area is 160 Å². The number of furan rings is 1. The maximum atomic E-state index is 13.0. The lowest BCUT2D eigenvalue weighted by Gasteiger charge is -2.16. The predicted octanol–water partition coefficient (Wildman–Crippen LogP) is 3.56. The summed E-state index contributed by atoms with van der Waals surface area (Å²) >= 11 is 0. The van der Waals surface area contributed by atoms with Gasteiger partial charge in [0.1, 0.15) is 11.5 Å². The zero-order valence-electron chi connectivity index (χ0n) is 15.1. The first-order valence-corrected chi connectivity index (χ1v) is 8.71. The molecular formula is C22H17N3O3. The summed E-state index contributed by atoms with van der Waals surface area (Å²) in [6.45, 7) is 0. The zero-order chi connectivity index (χ0) is 19.5. The molecule has 28 heavy (non-hydrogen) atoms. The van der Waals surface area contributed by atoms with Crippen molar-refractivity contribution >= 4 is 22.9 Å². The maximum absolute atomic E-state index is 13.0. The van der Waals surface area contributed by atoms with Crippen LogP contribution in [0.1, 0.15) is 16.2 Å². The van der Waals surface area contributed by atoms with Crippen molar-refractivity contribution in [3.63, 3.8) is 0 Å². The fraction of sp³-hybridized carbons (Fsp3) is 0.0455. The highest BCUT2D eigenvalue weighted by atomic mass is 16.3. The minimum Gasteiger partial charge on any atom is -0.463 e. The lowest BCUT2D eigenvalue weighted by atomic mass is 9.96. The van der Waals surface area contributed by atoms with E-state index < -0.39 is 5.91 Å². The van der Waals surface area contributed by atoms with Crippen LogP contribution in [0, 0.1) is 0 Å². The lowest BCUT2D eigenvalue weighted by Crippen LogP contribution is -2.30. The van der Waals surface area contributed by atoms with Gasteiger partial charge >= 0.3 is 0 Å². The number of hydrogen-bond acceptors (Lipinski definition) is 4. The van der Waals surface area contributed by atoms with Gasteiger partial charge in [0.15, 0.2) is 0 Å². The van der Waals surface area contributed by atoms with Crippen molar-refractivity contribution in [1.29, 1.82) is 0 Å².